The maximum absolute atomic E-state index is 12.2. The van der Waals surface area contributed by atoms with Crippen LogP contribution in [-0.4, -0.2) is 12.1 Å². The Balaban J connectivity index is 1.85. The predicted molar refractivity (Wildman–Crippen MR) is 90.7 cm³/mol. The van der Waals surface area contributed by atoms with Crippen molar-refractivity contribution in [1.29, 1.82) is 0 Å². The van der Waals surface area contributed by atoms with Crippen molar-refractivity contribution in [3.8, 4) is 0 Å². The summed E-state index contributed by atoms with van der Waals surface area (Å²) in [7, 11) is 0. The Morgan fingerprint density at radius 1 is 1.05 bits per heavy atom. The summed E-state index contributed by atoms with van der Waals surface area (Å²) in [5.74, 6) is 0.348. The number of nitrogens with one attached hydrogen (secondary N) is 1. The number of carbonyl (C=O) groups excluding carboxylic acids is 1. The summed E-state index contributed by atoms with van der Waals surface area (Å²) in [6.45, 7) is 4.27. The Morgan fingerprint density at radius 3 is 2.27 bits per heavy atom. The van der Waals surface area contributed by atoms with E-state index in [2.05, 4.69) is 31.3 Å². The summed E-state index contributed by atoms with van der Waals surface area (Å²) in [6, 6.07) is 17.9. The SMILES string of the molecule is CC(C)c1ccc(C(=O)NC(N)CCc2ccccc2)cc1. The molecule has 2 aromatic carbocycles. The van der Waals surface area contributed by atoms with Gasteiger partial charge in [0.05, 0.1) is 6.17 Å². The Kier molecular flexibility index (Phi) is 5.73. The van der Waals surface area contributed by atoms with Crippen LogP contribution in [0, 0.1) is 0 Å². The van der Waals surface area contributed by atoms with Crippen LogP contribution in [0.4, 0.5) is 0 Å². The fourth-order valence-electron chi connectivity index (χ4n) is 2.31. The van der Waals surface area contributed by atoms with E-state index in [1.807, 2.05) is 42.5 Å². The van der Waals surface area contributed by atoms with E-state index in [0.717, 1.165) is 12.8 Å². The first-order valence-corrected chi connectivity index (χ1v) is 7.76. The minimum Gasteiger partial charge on any atom is -0.337 e. The largest absolute Gasteiger partial charge is 0.337 e. The van der Waals surface area contributed by atoms with E-state index in [9.17, 15) is 4.79 Å². The van der Waals surface area contributed by atoms with Crippen molar-refractivity contribution in [1.82, 2.24) is 5.32 Å². The van der Waals surface area contributed by atoms with Crippen molar-refractivity contribution in [2.24, 2.45) is 5.73 Å². The second-order valence-electron chi connectivity index (χ2n) is 5.88. The van der Waals surface area contributed by atoms with Crippen LogP contribution < -0.4 is 11.1 Å². The van der Waals surface area contributed by atoms with Gasteiger partial charge in [-0.1, -0.05) is 56.3 Å². The van der Waals surface area contributed by atoms with Gasteiger partial charge in [0, 0.05) is 5.56 Å². The van der Waals surface area contributed by atoms with E-state index in [4.69, 9.17) is 5.73 Å². The summed E-state index contributed by atoms with van der Waals surface area (Å²) >= 11 is 0. The average Bonchev–Trinajstić information content (AvgIpc) is 2.54. The number of hydrogen-bond acceptors (Lipinski definition) is 2. The Labute approximate surface area is 132 Å². The van der Waals surface area contributed by atoms with E-state index in [0.29, 0.717) is 11.5 Å². The minimum absolute atomic E-state index is 0.115. The van der Waals surface area contributed by atoms with E-state index >= 15 is 0 Å². The van der Waals surface area contributed by atoms with Gasteiger partial charge in [-0.2, -0.15) is 0 Å². The van der Waals surface area contributed by atoms with E-state index in [1.165, 1.54) is 11.1 Å². The molecule has 0 radical (unpaired) electrons. The molecular weight excluding hydrogens is 272 g/mol. The molecule has 1 atom stereocenters. The average molecular weight is 296 g/mol. The van der Waals surface area contributed by atoms with Gasteiger partial charge in [0.15, 0.2) is 0 Å². The van der Waals surface area contributed by atoms with E-state index < -0.39 is 0 Å². The van der Waals surface area contributed by atoms with Gasteiger partial charge in [-0.05, 0) is 42.0 Å². The number of aryl methyl sites for hydroxylation is 1. The highest BCUT2D eigenvalue weighted by Crippen LogP contribution is 2.14. The van der Waals surface area contributed by atoms with Crippen LogP contribution in [0.15, 0.2) is 54.6 Å². The van der Waals surface area contributed by atoms with Crippen LogP contribution in [0.5, 0.6) is 0 Å². The lowest BCUT2D eigenvalue weighted by Crippen LogP contribution is -2.41. The molecular formula is C19H24N2O. The highest BCUT2D eigenvalue weighted by molar-refractivity contribution is 5.94. The number of rotatable bonds is 6. The summed E-state index contributed by atoms with van der Waals surface area (Å²) < 4.78 is 0. The van der Waals surface area contributed by atoms with Gasteiger partial charge in [-0.25, -0.2) is 0 Å². The molecule has 0 aromatic heterocycles. The zero-order valence-electron chi connectivity index (χ0n) is 13.3. The molecule has 0 aliphatic carbocycles. The van der Waals surface area contributed by atoms with Crippen LogP contribution in [-0.2, 0) is 6.42 Å². The number of benzene rings is 2. The number of nitrogens with two attached hydrogens (primary N) is 1. The monoisotopic (exact) mass is 296 g/mol. The van der Waals surface area contributed by atoms with Crippen molar-refractivity contribution in [3.63, 3.8) is 0 Å². The Morgan fingerprint density at radius 2 is 1.68 bits per heavy atom. The number of hydrogen-bond donors (Lipinski definition) is 2. The van der Waals surface area contributed by atoms with Crippen molar-refractivity contribution in [3.05, 3.63) is 71.3 Å². The van der Waals surface area contributed by atoms with Gasteiger partial charge in [0.1, 0.15) is 0 Å². The zero-order chi connectivity index (χ0) is 15.9. The van der Waals surface area contributed by atoms with Crippen LogP contribution in [0.3, 0.4) is 0 Å². The highest BCUT2D eigenvalue weighted by Gasteiger charge is 2.10. The van der Waals surface area contributed by atoms with Crippen molar-refractivity contribution >= 4 is 5.91 Å². The maximum Gasteiger partial charge on any atom is 0.252 e. The van der Waals surface area contributed by atoms with Gasteiger partial charge >= 0.3 is 0 Å². The fourth-order valence-corrected chi connectivity index (χ4v) is 2.31. The third kappa shape index (κ3) is 4.71. The van der Waals surface area contributed by atoms with Crippen molar-refractivity contribution in [2.45, 2.75) is 38.8 Å². The standard InChI is InChI=1S/C19H24N2O/c1-14(2)16-9-11-17(12-10-16)19(22)21-18(20)13-8-15-6-4-3-5-7-15/h3-7,9-12,14,18H,8,13,20H2,1-2H3,(H,21,22). The molecule has 0 saturated carbocycles. The molecule has 1 unspecified atom stereocenters. The zero-order valence-corrected chi connectivity index (χ0v) is 13.3. The first-order valence-electron chi connectivity index (χ1n) is 7.76. The molecule has 116 valence electrons. The van der Waals surface area contributed by atoms with Gasteiger partial charge in [-0.15, -0.1) is 0 Å². The molecule has 0 spiro atoms. The lowest BCUT2D eigenvalue weighted by Gasteiger charge is -2.14. The van der Waals surface area contributed by atoms with E-state index in [-0.39, 0.29) is 12.1 Å². The molecule has 2 rings (SSSR count). The minimum atomic E-state index is -0.336. The molecule has 22 heavy (non-hydrogen) atoms. The smallest absolute Gasteiger partial charge is 0.252 e. The quantitative estimate of drug-likeness (QED) is 0.802. The highest BCUT2D eigenvalue weighted by atomic mass is 16.1. The molecule has 1 amide bonds. The van der Waals surface area contributed by atoms with Crippen LogP contribution >= 0.6 is 0 Å². The molecule has 0 fully saturated rings. The normalized spacial score (nSPS) is 12.2. The van der Waals surface area contributed by atoms with Gasteiger partial charge < -0.3 is 11.1 Å². The molecule has 0 aliphatic rings. The molecule has 0 saturated heterocycles. The topological polar surface area (TPSA) is 55.1 Å². The third-order valence-corrected chi connectivity index (χ3v) is 3.74. The molecule has 3 N–H and O–H groups in total. The molecule has 3 heteroatoms. The van der Waals surface area contributed by atoms with Crippen molar-refractivity contribution in [2.75, 3.05) is 0 Å². The summed E-state index contributed by atoms with van der Waals surface area (Å²) in [5, 5.41) is 2.85. The predicted octanol–water partition coefficient (Wildman–Crippen LogP) is 3.46. The van der Waals surface area contributed by atoms with Crippen LogP contribution in [0.1, 0.15) is 47.7 Å². The van der Waals surface area contributed by atoms with Gasteiger partial charge in [0.2, 0.25) is 0 Å². The van der Waals surface area contributed by atoms with Gasteiger partial charge in [0.25, 0.3) is 5.91 Å². The maximum atomic E-state index is 12.2. The Bertz CT molecular complexity index is 591. The molecule has 3 nitrogen and oxygen atoms in total. The van der Waals surface area contributed by atoms with Crippen LogP contribution in [0.25, 0.3) is 0 Å². The molecule has 0 heterocycles. The fraction of sp³-hybridized carbons (Fsp3) is 0.316. The van der Waals surface area contributed by atoms with Crippen molar-refractivity contribution < 1.29 is 4.79 Å². The first-order chi connectivity index (χ1) is 10.6. The first kappa shape index (κ1) is 16.2. The lowest BCUT2D eigenvalue weighted by molar-refractivity contribution is 0.0936. The molecule has 2 aromatic rings. The second kappa shape index (κ2) is 7.76. The number of carbonyl (C=O) groups is 1. The second-order valence-corrected chi connectivity index (χ2v) is 5.88. The lowest BCUT2D eigenvalue weighted by atomic mass is 10.0. The van der Waals surface area contributed by atoms with Crippen LogP contribution in [0.2, 0.25) is 0 Å². The third-order valence-electron chi connectivity index (χ3n) is 3.74. The van der Waals surface area contributed by atoms with E-state index in [1.54, 1.807) is 0 Å². The molecule has 0 aliphatic heterocycles. The summed E-state index contributed by atoms with van der Waals surface area (Å²) in [5.41, 5.74) is 9.12. The summed E-state index contributed by atoms with van der Waals surface area (Å²) in [4.78, 5) is 12.2. The Hall–Kier alpha value is -2.13. The van der Waals surface area contributed by atoms with Gasteiger partial charge in [-0.3, -0.25) is 4.79 Å². The number of amides is 1. The molecule has 0 bridgehead atoms. The summed E-state index contributed by atoms with van der Waals surface area (Å²) in [6.07, 6.45) is 1.24.